The van der Waals surface area contributed by atoms with Crippen LogP contribution in [0.4, 0.5) is 10.2 Å². The lowest BCUT2D eigenvalue weighted by molar-refractivity contribution is 0.612. The first-order valence-electron chi connectivity index (χ1n) is 5.25. The highest BCUT2D eigenvalue weighted by molar-refractivity contribution is 9.10. The molecule has 2 rings (SSSR count). The summed E-state index contributed by atoms with van der Waals surface area (Å²) in [5, 5.41) is 3.08. The van der Waals surface area contributed by atoms with Crippen LogP contribution in [0.25, 0.3) is 0 Å². The molecule has 0 saturated carbocycles. The number of aryl methyl sites for hydroxylation is 1. The Morgan fingerprint density at radius 2 is 2.12 bits per heavy atom. The molecule has 1 N–H and O–H groups in total. The minimum atomic E-state index is -0.215. The van der Waals surface area contributed by atoms with Crippen LogP contribution in [0, 0.1) is 12.7 Å². The van der Waals surface area contributed by atoms with E-state index in [1.807, 2.05) is 19.1 Å². The lowest BCUT2D eigenvalue weighted by atomic mass is 10.2. The van der Waals surface area contributed by atoms with Gasteiger partial charge in [0.05, 0.1) is 0 Å². The number of rotatable bonds is 3. The van der Waals surface area contributed by atoms with Crippen LogP contribution in [0.15, 0.2) is 41.0 Å². The Kier molecular flexibility index (Phi) is 3.74. The first kappa shape index (κ1) is 12.0. The molecule has 1 aromatic heterocycles. The van der Waals surface area contributed by atoms with Crippen molar-refractivity contribution >= 4 is 21.7 Å². The molecule has 88 valence electrons. The number of nitrogens with zero attached hydrogens (tertiary/aromatic N) is 1. The van der Waals surface area contributed by atoms with Gasteiger partial charge in [0.15, 0.2) is 0 Å². The number of anilines is 1. The summed E-state index contributed by atoms with van der Waals surface area (Å²) in [5.74, 6) is 0.530. The highest BCUT2D eigenvalue weighted by Gasteiger charge is 2.02. The molecule has 0 atom stereocenters. The van der Waals surface area contributed by atoms with E-state index in [9.17, 15) is 4.39 Å². The standard InChI is InChI=1S/C13H12BrFN2/c1-9-2-5-13(16-7-9)17-8-10-6-11(14)3-4-12(10)15/h2-7H,8H2,1H3,(H,16,17). The van der Waals surface area contributed by atoms with Gasteiger partial charge in [-0.3, -0.25) is 0 Å². The molecule has 17 heavy (non-hydrogen) atoms. The number of halogens is 2. The van der Waals surface area contributed by atoms with Gasteiger partial charge in [0.2, 0.25) is 0 Å². The zero-order valence-electron chi connectivity index (χ0n) is 9.37. The fourth-order valence-electron chi connectivity index (χ4n) is 1.44. The van der Waals surface area contributed by atoms with E-state index < -0.39 is 0 Å². The average molecular weight is 295 g/mol. The highest BCUT2D eigenvalue weighted by Crippen LogP contribution is 2.16. The van der Waals surface area contributed by atoms with Crippen LogP contribution >= 0.6 is 15.9 Å². The van der Waals surface area contributed by atoms with Crippen LogP contribution in [0.3, 0.4) is 0 Å². The molecule has 0 bridgehead atoms. The van der Waals surface area contributed by atoms with Crippen molar-refractivity contribution in [3.05, 3.63) is 57.9 Å². The molecule has 4 heteroatoms. The van der Waals surface area contributed by atoms with Crippen molar-refractivity contribution in [3.63, 3.8) is 0 Å². The molecular weight excluding hydrogens is 283 g/mol. The van der Waals surface area contributed by atoms with Crippen molar-refractivity contribution < 1.29 is 4.39 Å². The average Bonchev–Trinajstić information content (AvgIpc) is 2.32. The normalized spacial score (nSPS) is 10.3. The van der Waals surface area contributed by atoms with E-state index in [1.54, 1.807) is 18.3 Å². The summed E-state index contributed by atoms with van der Waals surface area (Å²) >= 11 is 3.32. The maximum absolute atomic E-state index is 13.5. The first-order valence-corrected chi connectivity index (χ1v) is 6.05. The Labute approximate surface area is 108 Å². The first-order chi connectivity index (χ1) is 8.15. The van der Waals surface area contributed by atoms with Gasteiger partial charge in [-0.1, -0.05) is 22.0 Å². The second kappa shape index (κ2) is 5.27. The van der Waals surface area contributed by atoms with E-state index >= 15 is 0 Å². The molecule has 0 amide bonds. The van der Waals surface area contributed by atoms with E-state index in [4.69, 9.17) is 0 Å². The van der Waals surface area contributed by atoms with E-state index in [2.05, 4.69) is 26.2 Å². The predicted molar refractivity (Wildman–Crippen MR) is 70.4 cm³/mol. The van der Waals surface area contributed by atoms with Crippen LogP contribution < -0.4 is 5.32 Å². The minimum absolute atomic E-state index is 0.215. The third kappa shape index (κ3) is 3.27. The van der Waals surface area contributed by atoms with Gasteiger partial charge in [0.25, 0.3) is 0 Å². The van der Waals surface area contributed by atoms with Crippen molar-refractivity contribution in [2.24, 2.45) is 0 Å². The third-order valence-corrected chi connectivity index (χ3v) is 2.87. The Hall–Kier alpha value is -1.42. The molecule has 0 aliphatic rings. The van der Waals surface area contributed by atoms with Gasteiger partial charge in [-0.25, -0.2) is 9.37 Å². The summed E-state index contributed by atoms with van der Waals surface area (Å²) < 4.78 is 14.3. The summed E-state index contributed by atoms with van der Waals surface area (Å²) in [7, 11) is 0. The van der Waals surface area contributed by atoms with E-state index in [-0.39, 0.29) is 5.82 Å². The van der Waals surface area contributed by atoms with Crippen LogP contribution in [0.2, 0.25) is 0 Å². The Morgan fingerprint density at radius 1 is 1.29 bits per heavy atom. The van der Waals surface area contributed by atoms with Crippen molar-refractivity contribution in [2.75, 3.05) is 5.32 Å². The summed E-state index contributed by atoms with van der Waals surface area (Å²) in [5.41, 5.74) is 1.71. The number of aromatic nitrogens is 1. The van der Waals surface area contributed by atoms with Gasteiger partial charge in [-0.05, 0) is 36.8 Å². The lowest BCUT2D eigenvalue weighted by Crippen LogP contribution is -2.03. The topological polar surface area (TPSA) is 24.9 Å². The molecule has 0 radical (unpaired) electrons. The predicted octanol–water partition coefficient (Wildman–Crippen LogP) is 3.90. The lowest BCUT2D eigenvalue weighted by Gasteiger charge is -2.07. The van der Waals surface area contributed by atoms with Crippen LogP contribution in [-0.2, 0) is 6.54 Å². The second-order valence-corrected chi connectivity index (χ2v) is 4.73. The monoisotopic (exact) mass is 294 g/mol. The number of pyridine rings is 1. The molecule has 2 aromatic rings. The second-order valence-electron chi connectivity index (χ2n) is 3.81. The largest absolute Gasteiger partial charge is 0.366 e. The Morgan fingerprint density at radius 3 is 2.82 bits per heavy atom. The molecule has 2 nitrogen and oxygen atoms in total. The molecule has 0 spiro atoms. The third-order valence-electron chi connectivity index (χ3n) is 2.38. The van der Waals surface area contributed by atoms with Crippen molar-refractivity contribution in [3.8, 4) is 0 Å². The molecule has 0 saturated heterocycles. The quantitative estimate of drug-likeness (QED) is 0.928. The van der Waals surface area contributed by atoms with Gasteiger partial charge >= 0.3 is 0 Å². The smallest absolute Gasteiger partial charge is 0.128 e. The van der Waals surface area contributed by atoms with Crippen molar-refractivity contribution in [1.29, 1.82) is 0 Å². The van der Waals surface area contributed by atoms with Gasteiger partial charge in [0.1, 0.15) is 11.6 Å². The van der Waals surface area contributed by atoms with E-state index in [1.165, 1.54) is 6.07 Å². The minimum Gasteiger partial charge on any atom is -0.366 e. The Bertz CT molecular complexity index is 511. The number of benzene rings is 1. The fourth-order valence-corrected chi connectivity index (χ4v) is 1.85. The fraction of sp³-hybridized carbons (Fsp3) is 0.154. The van der Waals surface area contributed by atoms with Crippen LogP contribution in [-0.4, -0.2) is 4.98 Å². The number of hydrogen-bond acceptors (Lipinski definition) is 2. The zero-order chi connectivity index (χ0) is 12.3. The Balaban J connectivity index is 2.07. The summed E-state index contributed by atoms with van der Waals surface area (Å²) in [4.78, 5) is 4.20. The van der Waals surface area contributed by atoms with Gasteiger partial charge in [0, 0.05) is 22.8 Å². The SMILES string of the molecule is Cc1ccc(NCc2cc(Br)ccc2F)nc1. The number of hydrogen-bond donors (Lipinski definition) is 1. The zero-order valence-corrected chi connectivity index (χ0v) is 11.0. The summed E-state index contributed by atoms with van der Waals surface area (Å²) in [6.07, 6.45) is 1.78. The molecule has 1 aromatic carbocycles. The van der Waals surface area contributed by atoms with Crippen molar-refractivity contribution in [2.45, 2.75) is 13.5 Å². The molecule has 0 unspecified atom stereocenters. The molecule has 0 aliphatic carbocycles. The van der Waals surface area contributed by atoms with Gasteiger partial charge < -0.3 is 5.32 Å². The van der Waals surface area contributed by atoms with E-state index in [0.717, 1.165) is 15.9 Å². The summed E-state index contributed by atoms with van der Waals surface area (Å²) in [6, 6.07) is 8.74. The highest BCUT2D eigenvalue weighted by atomic mass is 79.9. The van der Waals surface area contributed by atoms with Crippen LogP contribution in [0.5, 0.6) is 0 Å². The maximum atomic E-state index is 13.5. The molecule has 0 fully saturated rings. The van der Waals surface area contributed by atoms with Crippen LogP contribution in [0.1, 0.15) is 11.1 Å². The molecular formula is C13H12BrFN2. The summed E-state index contributed by atoms with van der Waals surface area (Å²) in [6.45, 7) is 2.39. The van der Waals surface area contributed by atoms with Gasteiger partial charge in [-0.15, -0.1) is 0 Å². The molecule has 0 aliphatic heterocycles. The van der Waals surface area contributed by atoms with E-state index in [0.29, 0.717) is 12.1 Å². The maximum Gasteiger partial charge on any atom is 0.128 e. The molecule has 1 heterocycles. The number of nitrogens with one attached hydrogen (secondary N) is 1. The van der Waals surface area contributed by atoms with Crippen molar-refractivity contribution in [1.82, 2.24) is 4.98 Å². The van der Waals surface area contributed by atoms with Gasteiger partial charge in [-0.2, -0.15) is 0 Å².